The van der Waals surface area contributed by atoms with Crippen LogP contribution in [-0.2, 0) is 6.54 Å². The second-order valence-corrected chi connectivity index (χ2v) is 5.58. The number of para-hydroxylation sites is 1. The van der Waals surface area contributed by atoms with Gasteiger partial charge in [0, 0.05) is 28.1 Å². The quantitative estimate of drug-likeness (QED) is 0.642. The fourth-order valence-electron chi connectivity index (χ4n) is 2.12. The number of rotatable bonds is 5. The van der Waals surface area contributed by atoms with Crippen molar-refractivity contribution < 1.29 is 13.2 Å². The summed E-state index contributed by atoms with van der Waals surface area (Å²) in [5.41, 5.74) is 2.81. The molecule has 0 saturated heterocycles. The molecule has 3 aromatic rings. The van der Waals surface area contributed by atoms with E-state index < -0.39 is 5.76 Å². The molecule has 3 rings (SSSR count). The summed E-state index contributed by atoms with van der Waals surface area (Å²) >= 11 is 0.549. The maximum Gasteiger partial charge on any atom is 0.288 e. The highest BCUT2D eigenvalue weighted by Gasteiger charge is 2.06. The first-order valence-electron chi connectivity index (χ1n) is 6.46. The SMILES string of the molecule is FC(F)Sc1ccc(NCc2coc3ccccc23)cc1. The van der Waals surface area contributed by atoms with Gasteiger partial charge in [0.05, 0.1) is 6.26 Å². The third-order valence-electron chi connectivity index (χ3n) is 3.12. The number of nitrogens with one attached hydrogen (secondary N) is 1. The summed E-state index contributed by atoms with van der Waals surface area (Å²) in [7, 11) is 0. The number of anilines is 1. The molecule has 0 aliphatic heterocycles. The van der Waals surface area contributed by atoms with Crippen LogP contribution in [0.4, 0.5) is 14.5 Å². The van der Waals surface area contributed by atoms with Crippen molar-refractivity contribution in [1.29, 1.82) is 0 Å². The van der Waals surface area contributed by atoms with Crippen LogP contribution >= 0.6 is 11.8 Å². The number of alkyl halides is 2. The van der Waals surface area contributed by atoms with Crippen LogP contribution in [0.2, 0.25) is 0 Å². The van der Waals surface area contributed by atoms with Gasteiger partial charge in [-0.15, -0.1) is 0 Å². The van der Waals surface area contributed by atoms with Crippen molar-refractivity contribution in [3.63, 3.8) is 0 Å². The van der Waals surface area contributed by atoms with E-state index in [-0.39, 0.29) is 0 Å². The number of fused-ring (bicyclic) bond motifs is 1. The average Bonchev–Trinajstić information content (AvgIpc) is 2.89. The fraction of sp³-hybridized carbons (Fsp3) is 0.125. The molecule has 1 aromatic heterocycles. The van der Waals surface area contributed by atoms with E-state index in [2.05, 4.69) is 5.32 Å². The molecule has 0 saturated carbocycles. The van der Waals surface area contributed by atoms with Gasteiger partial charge in [-0.05, 0) is 30.3 Å². The number of thioether (sulfide) groups is 1. The van der Waals surface area contributed by atoms with Crippen molar-refractivity contribution in [3.8, 4) is 0 Å². The van der Waals surface area contributed by atoms with E-state index in [1.165, 1.54) is 0 Å². The van der Waals surface area contributed by atoms with E-state index in [1.54, 1.807) is 30.5 Å². The van der Waals surface area contributed by atoms with Crippen LogP contribution in [0.3, 0.4) is 0 Å². The van der Waals surface area contributed by atoms with Crippen LogP contribution in [0.25, 0.3) is 11.0 Å². The zero-order valence-corrected chi connectivity index (χ0v) is 11.9. The molecule has 5 heteroatoms. The summed E-state index contributed by atoms with van der Waals surface area (Å²) < 4.78 is 30.0. The molecule has 1 heterocycles. The van der Waals surface area contributed by atoms with Crippen LogP contribution in [0.5, 0.6) is 0 Å². The van der Waals surface area contributed by atoms with Gasteiger partial charge < -0.3 is 9.73 Å². The zero-order valence-electron chi connectivity index (χ0n) is 11.1. The Kier molecular flexibility index (Phi) is 4.10. The Hall–Kier alpha value is -2.01. The molecule has 108 valence electrons. The average molecular weight is 305 g/mol. The molecular formula is C16H13F2NOS. The smallest absolute Gasteiger partial charge is 0.288 e. The van der Waals surface area contributed by atoms with Crippen LogP contribution in [0.15, 0.2) is 64.1 Å². The molecule has 0 unspecified atom stereocenters. The Balaban J connectivity index is 1.67. The minimum Gasteiger partial charge on any atom is -0.464 e. The zero-order chi connectivity index (χ0) is 14.7. The molecule has 21 heavy (non-hydrogen) atoms. The molecule has 0 radical (unpaired) electrons. The summed E-state index contributed by atoms with van der Waals surface area (Å²) in [5.74, 6) is -2.39. The highest BCUT2D eigenvalue weighted by atomic mass is 32.2. The van der Waals surface area contributed by atoms with Gasteiger partial charge in [-0.3, -0.25) is 0 Å². The Morgan fingerprint density at radius 2 is 1.81 bits per heavy atom. The first-order valence-corrected chi connectivity index (χ1v) is 7.34. The van der Waals surface area contributed by atoms with Crippen molar-refractivity contribution in [2.45, 2.75) is 17.2 Å². The lowest BCUT2D eigenvalue weighted by Gasteiger charge is -2.06. The van der Waals surface area contributed by atoms with Crippen molar-refractivity contribution >= 4 is 28.4 Å². The van der Waals surface area contributed by atoms with Gasteiger partial charge in [-0.25, -0.2) is 0 Å². The highest BCUT2D eigenvalue weighted by molar-refractivity contribution is 7.99. The fourth-order valence-corrected chi connectivity index (χ4v) is 2.62. The first-order chi connectivity index (χ1) is 10.2. The van der Waals surface area contributed by atoms with Crippen molar-refractivity contribution in [3.05, 3.63) is 60.4 Å². The van der Waals surface area contributed by atoms with Gasteiger partial charge in [0.2, 0.25) is 0 Å². The highest BCUT2D eigenvalue weighted by Crippen LogP contribution is 2.27. The number of halogens is 2. The van der Waals surface area contributed by atoms with Crippen LogP contribution in [-0.4, -0.2) is 5.76 Å². The molecule has 2 nitrogen and oxygen atoms in total. The maximum atomic E-state index is 12.2. The predicted octanol–water partition coefficient (Wildman–Crippen LogP) is 5.36. The molecule has 1 N–H and O–H groups in total. The molecule has 0 aliphatic rings. The molecule has 0 spiro atoms. The molecular weight excluding hydrogens is 292 g/mol. The third-order valence-corrected chi connectivity index (χ3v) is 3.85. The summed E-state index contributed by atoms with van der Waals surface area (Å²) in [5, 5.41) is 4.34. The van der Waals surface area contributed by atoms with E-state index in [4.69, 9.17) is 4.42 Å². The molecule has 0 bridgehead atoms. The van der Waals surface area contributed by atoms with Crippen LogP contribution in [0, 0.1) is 0 Å². The number of hydrogen-bond acceptors (Lipinski definition) is 3. The summed E-state index contributed by atoms with van der Waals surface area (Å²) in [6, 6.07) is 14.8. The topological polar surface area (TPSA) is 25.2 Å². The van der Waals surface area contributed by atoms with E-state index in [0.717, 1.165) is 22.2 Å². The lowest BCUT2D eigenvalue weighted by molar-refractivity contribution is 0.252. The van der Waals surface area contributed by atoms with E-state index in [0.29, 0.717) is 23.2 Å². The Morgan fingerprint density at radius 3 is 2.57 bits per heavy atom. The number of furan rings is 1. The van der Waals surface area contributed by atoms with Gasteiger partial charge in [0.25, 0.3) is 5.76 Å². The number of hydrogen-bond donors (Lipinski definition) is 1. The summed E-state index contributed by atoms with van der Waals surface area (Å²) in [6.07, 6.45) is 1.73. The van der Waals surface area contributed by atoms with Gasteiger partial charge in [-0.2, -0.15) is 8.78 Å². The second-order valence-electron chi connectivity index (χ2n) is 4.51. The standard InChI is InChI=1S/C16H13F2NOS/c17-16(18)21-13-7-5-12(6-8-13)19-9-11-10-20-15-4-2-1-3-14(11)15/h1-8,10,16,19H,9H2. The molecule has 0 atom stereocenters. The van der Waals surface area contributed by atoms with Gasteiger partial charge in [0.1, 0.15) is 5.58 Å². The third kappa shape index (κ3) is 3.36. The second kappa shape index (κ2) is 6.18. The van der Waals surface area contributed by atoms with E-state index >= 15 is 0 Å². The Bertz CT molecular complexity index is 724. The largest absolute Gasteiger partial charge is 0.464 e. The maximum absolute atomic E-state index is 12.2. The molecule has 2 aromatic carbocycles. The summed E-state index contributed by atoms with van der Waals surface area (Å²) in [4.78, 5) is 0.560. The van der Waals surface area contributed by atoms with Crippen LogP contribution in [0.1, 0.15) is 5.56 Å². The normalized spacial score (nSPS) is 11.2. The van der Waals surface area contributed by atoms with Gasteiger partial charge in [0.15, 0.2) is 0 Å². The Labute approximate surface area is 125 Å². The first kappa shape index (κ1) is 13.9. The minimum absolute atomic E-state index is 0.549. The van der Waals surface area contributed by atoms with Crippen molar-refractivity contribution in [1.82, 2.24) is 0 Å². The van der Waals surface area contributed by atoms with Gasteiger partial charge in [-0.1, -0.05) is 30.0 Å². The number of benzene rings is 2. The summed E-state index contributed by atoms with van der Waals surface area (Å²) in [6.45, 7) is 0.623. The van der Waals surface area contributed by atoms with Gasteiger partial charge >= 0.3 is 0 Å². The van der Waals surface area contributed by atoms with Crippen molar-refractivity contribution in [2.75, 3.05) is 5.32 Å². The van der Waals surface area contributed by atoms with Crippen LogP contribution < -0.4 is 5.32 Å². The van der Waals surface area contributed by atoms with E-state index in [1.807, 2.05) is 24.3 Å². The lowest BCUT2D eigenvalue weighted by atomic mass is 10.2. The monoisotopic (exact) mass is 305 g/mol. The Morgan fingerprint density at radius 1 is 1.05 bits per heavy atom. The molecule has 0 aliphatic carbocycles. The predicted molar refractivity (Wildman–Crippen MR) is 81.8 cm³/mol. The van der Waals surface area contributed by atoms with Crippen molar-refractivity contribution in [2.24, 2.45) is 0 Å². The minimum atomic E-state index is -2.39. The lowest BCUT2D eigenvalue weighted by Crippen LogP contribution is -1.98. The van der Waals surface area contributed by atoms with E-state index in [9.17, 15) is 8.78 Å². The molecule has 0 fully saturated rings. The molecule has 0 amide bonds.